The molecule has 0 bridgehead atoms. The van der Waals surface area contributed by atoms with E-state index in [1.807, 2.05) is 30.3 Å². The van der Waals surface area contributed by atoms with Gasteiger partial charge in [-0.25, -0.2) is 4.79 Å². The number of H-pyrrole nitrogens is 1. The molecular formula is C17H14F2N4O2. The number of aromatic nitrogens is 2. The van der Waals surface area contributed by atoms with Gasteiger partial charge in [0, 0.05) is 17.3 Å². The van der Waals surface area contributed by atoms with Crippen molar-refractivity contribution in [3.05, 3.63) is 60.7 Å². The first-order valence-corrected chi connectivity index (χ1v) is 7.34. The zero-order valence-corrected chi connectivity index (χ0v) is 12.9. The number of hydrogen-bond donors (Lipinski definition) is 3. The van der Waals surface area contributed by atoms with E-state index in [9.17, 15) is 13.6 Å². The summed E-state index contributed by atoms with van der Waals surface area (Å²) in [7, 11) is 0. The highest BCUT2D eigenvalue weighted by atomic mass is 19.3. The van der Waals surface area contributed by atoms with E-state index in [0.717, 1.165) is 5.56 Å². The van der Waals surface area contributed by atoms with Crippen LogP contribution in [0.15, 0.2) is 60.7 Å². The molecule has 2 aromatic carbocycles. The van der Waals surface area contributed by atoms with Gasteiger partial charge in [0.2, 0.25) is 0 Å². The fourth-order valence-electron chi connectivity index (χ4n) is 2.15. The molecule has 6 nitrogen and oxygen atoms in total. The second-order valence-electron chi connectivity index (χ2n) is 5.01. The summed E-state index contributed by atoms with van der Waals surface area (Å²) in [6, 6.07) is 16.3. The van der Waals surface area contributed by atoms with Gasteiger partial charge in [-0.15, -0.1) is 0 Å². The smallest absolute Gasteiger partial charge is 0.387 e. The highest BCUT2D eigenvalue weighted by Gasteiger charge is 2.08. The fourth-order valence-corrected chi connectivity index (χ4v) is 2.15. The molecule has 128 valence electrons. The number of amides is 2. The van der Waals surface area contributed by atoms with Crippen molar-refractivity contribution >= 4 is 17.5 Å². The van der Waals surface area contributed by atoms with E-state index in [2.05, 4.69) is 25.6 Å². The number of carbonyl (C=O) groups excluding carboxylic acids is 1. The number of nitrogens with zero attached hydrogens (tertiary/aromatic N) is 1. The van der Waals surface area contributed by atoms with E-state index in [1.54, 1.807) is 6.07 Å². The molecule has 0 fully saturated rings. The van der Waals surface area contributed by atoms with E-state index in [0.29, 0.717) is 17.2 Å². The minimum absolute atomic E-state index is 0.0158. The van der Waals surface area contributed by atoms with E-state index >= 15 is 0 Å². The van der Waals surface area contributed by atoms with Crippen molar-refractivity contribution in [3.63, 3.8) is 0 Å². The first-order chi connectivity index (χ1) is 12.1. The monoisotopic (exact) mass is 344 g/mol. The molecule has 8 heteroatoms. The van der Waals surface area contributed by atoms with Crippen LogP contribution in [0, 0.1) is 0 Å². The first kappa shape index (κ1) is 16.4. The number of nitrogens with one attached hydrogen (secondary N) is 3. The summed E-state index contributed by atoms with van der Waals surface area (Å²) >= 11 is 0. The predicted octanol–water partition coefficient (Wildman–Crippen LogP) is 4.32. The molecule has 1 heterocycles. The third kappa shape index (κ3) is 4.54. The number of urea groups is 1. The molecule has 0 saturated carbocycles. The highest BCUT2D eigenvalue weighted by Crippen LogP contribution is 2.20. The van der Waals surface area contributed by atoms with Crippen LogP contribution in [0.2, 0.25) is 0 Å². The zero-order valence-electron chi connectivity index (χ0n) is 12.9. The lowest BCUT2D eigenvalue weighted by atomic mass is 10.2. The van der Waals surface area contributed by atoms with Gasteiger partial charge in [0.25, 0.3) is 0 Å². The molecule has 3 aromatic rings. The minimum Gasteiger partial charge on any atom is -0.435 e. The van der Waals surface area contributed by atoms with Crippen LogP contribution < -0.4 is 15.4 Å². The number of rotatable bonds is 5. The summed E-state index contributed by atoms with van der Waals surface area (Å²) in [5.41, 5.74) is 2.05. The van der Waals surface area contributed by atoms with Crippen molar-refractivity contribution in [2.45, 2.75) is 6.61 Å². The number of alkyl halides is 2. The molecule has 0 aliphatic rings. The lowest BCUT2D eigenvalue weighted by molar-refractivity contribution is -0.0498. The summed E-state index contributed by atoms with van der Waals surface area (Å²) < 4.78 is 28.4. The average Bonchev–Trinajstić information content (AvgIpc) is 3.05. The fraction of sp³-hybridized carbons (Fsp3) is 0.0588. The van der Waals surface area contributed by atoms with Crippen LogP contribution in [0.25, 0.3) is 11.3 Å². The van der Waals surface area contributed by atoms with Crippen LogP contribution in [-0.4, -0.2) is 22.8 Å². The van der Waals surface area contributed by atoms with Gasteiger partial charge >= 0.3 is 12.6 Å². The van der Waals surface area contributed by atoms with Crippen LogP contribution in [0.3, 0.4) is 0 Å². The molecular weight excluding hydrogens is 330 g/mol. The second-order valence-corrected chi connectivity index (χ2v) is 5.01. The van der Waals surface area contributed by atoms with E-state index in [4.69, 9.17) is 0 Å². The summed E-state index contributed by atoms with van der Waals surface area (Å²) in [4.78, 5) is 12.0. The van der Waals surface area contributed by atoms with Crippen LogP contribution >= 0.6 is 0 Å². The molecule has 0 aliphatic carbocycles. The summed E-state index contributed by atoms with van der Waals surface area (Å²) in [5.74, 6) is 0.441. The number of benzene rings is 2. The SMILES string of the molecule is O=C(Nc1ccc(OC(F)F)cc1)Nc1cc(-c2ccccc2)n[nH]1. The zero-order chi connectivity index (χ0) is 17.6. The van der Waals surface area contributed by atoms with Crippen LogP contribution in [0.1, 0.15) is 0 Å². The molecule has 0 atom stereocenters. The van der Waals surface area contributed by atoms with Crippen molar-refractivity contribution < 1.29 is 18.3 Å². The third-order valence-electron chi connectivity index (χ3n) is 3.23. The lowest BCUT2D eigenvalue weighted by Gasteiger charge is -2.07. The lowest BCUT2D eigenvalue weighted by Crippen LogP contribution is -2.19. The van der Waals surface area contributed by atoms with Crippen LogP contribution in [0.5, 0.6) is 5.75 Å². The molecule has 0 aliphatic heterocycles. The number of hydrogen-bond acceptors (Lipinski definition) is 3. The standard InChI is InChI=1S/C17H14F2N4O2/c18-16(19)25-13-8-6-12(7-9-13)20-17(24)21-15-10-14(22-23-15)11-4-2-1-3-5-11/h1-10,16H,(H3,20,21,22,23,24). The Morgan fingerprint density at radius 3 is 2.44 bits per heavy atom. The number of ether oxygens (including phenoxy) is 1. The Labute approximate surface area is 141 Å². The van der Waals surface area contributed by atoms with E-state index in [1.165, 1.54) is 24.3 Å². The molecule has 0 spiro atoms. The Morgan fingerprint density at radius 2 is 1.76 bits per heavy atom. The maximum atomic E-state index is 12.1. The van der Waals surface area contributed by atoms with Gasteiger partial charge in [0.1, 0.15) is 11.6 Å². The second kappa shape index (κ2) is 7.43. The normalized spacial score (nSPS) is 10.5. The molecule has 25 heavy (non-hydrogen) atoms. The Morgan fingerprint density at radius 1 is 1.04 bits per heavy atom. The molecule has 0 radical (unpaired) electrons. The summed E-state index contributed by atoms with van der Waals surface area (Å²) in [6.45, 7) is -2.89. The third-order valence-corrected chi connectivity index (χ3v) is 3.23. The highest BCUT2D eigenvalue weighted by molar-refractivity contribution is 5.99. The van der Waals surface area contributed by atoms with Gasteiger partial charge in [-0.2, -0.15) is 13.9 Å². The molecule has 0 saturated heterocycles. The van der Waals surface area contributed by atoms with E-state index < -0.39 is 12.6 Å². The van der Waals surface area contributed by atoms with Crippen LogP contribution in [0.4, 0.5) is 25.1 Å². The van der Waals surface area contributed by atoms with Crippen molar-refractivity contribution in [1.29, 1.82) is 0 Å². The quantitative estimate of drug-likeness (QED) is 0.645. The van der Waals surface area contributed by atoms with Crippen molar-refractivity contribution in [1.82, 2.24) is 10.2 Å². The van der Waals surface area contributed by atoms with Gasteiger partial charge in [-0.3, -0.25) is 10.4 Å². The number of aromatic amines is 1. The molecule has 0 unspecified atom stereocenters. The molecule has 3 rings (SSSR count). The predicted molar refractivity (Wildman–Crippen MR) is 89.7 cm³/mol. The van der Waals surface area contributed by atoms with E-state index in [-0.39, 0.29) is 5.75 Å². The van der Waals surface area contributed by atoms with Gasteiger partial charge in [0.05, 0.1) is 5.69 Å². The summed E-state index contributed by atoms with van der Waals surface area (Å²) in [5, 5.41) is 12.0. The Hall–Kier alpha value is -3.42. The van der Waals surface area contributed by atoms with Gasteiger partial charge in [-0.05, 0) is 24.3 Å². The Kier molecular flexibility index (Phi) is 4.89. The van der Waals surface area contributed by atoms with Gasteiger partial charge in [0.15, 0.2) is 0 Å². The Bertz CT molecular complexity index is 835. The average molecular weight is 344 g/mol. The summed E-state index contributed by atoms with van der Waals surface area (Å²) in [6.07, 6.45) is 0. The Balaban J connectivity index is 1.58. The minimum atomic E-state index is -2.89. The van der Waals surface area contributed by atoms with Crippen LogP contribution in [-0.2, 0) is 0 Å². The maximum Gasteiger partial charge on any atom is 0.387 e. The molecule has 1 aromatic heterocycles. The number of halogens is 2. The van der Waals surface area contributed by atoms with Crippen molar-refractivity contribution in [3.8, 4) is 17.0 Å². The van der Waals surface area contributed by atoms with Gasteiger partial charge in [-0.1, -0.05) is 30.3 Å². The van der Waals surface area contributed by atoms with Crippen molar-refractivity contribution in [2.75, 3.05) is 10.6 Å². The van der Waals surface area contributed by atoms with Gasteiger partial charge < -0.3 is 10.1 Å². The van der Waals surface area contributed by atoms with Crippen molar-refractivity contribution in [2.24, 2.45) is 0 Å². The number of anilines is 2. The molecule has 2 amide bonds. The first-order valence-electron chi connectivity index (χ1n) is 7.34. The topological polar surface area (TPSA) is 79.0 Å². The maximum absolute atomic E-state index is 12.1. The largest absolute Gasteiger partial charge is 0.435 e. The molecule has 3 N–H and O–H groups in total. The number of carbonyl (C=O) groups is 1.